The van der Waals surface area contributed by atoms with Crippen LogP contribution >= 0.6 is 0 Å². The second kappa shape index (κ2) is 5.86. The van der Waals surface area contributed by atoms with E-state index in [1.165, 1.54) is 24.3 Å². The van der Waals surface area contributed by atoms with Crippen LogP contribution in [0.1, 0.15) is 25.7 Å². The highest BCUT2D eigenvalue weighted by atomic mass is 32.2. The Balaban J connectivity index is 2.24. The van der Waals surface area contributed by atoms with Crippen molar-refractivity contribution < 1.29 is 13.3 Å². The van der Waals surface area contributed by atoms with E-state index in [0.29, 0.717) is 12.8 Å². The summed E-state index contributed by atoms with van der Waals surface area (Å²) < 4.78 is 27.1. The number of nitrogens with zero attached hydrogens (tertiary/aromatic N) is 1. The second-order valence-corrected chi connectivity index (χ2v) is 6.65. The molecule has 1 saturated carbocycles. The molecule has 1 fully saturated rings. The van der Waals surface area contributed by atoms with Crippen LogP contribution in [0.15, 0.2) is 29.2 Å². The van der Waals surface area contributed by atoms with Crippen molar-refractivity contribution in [3.05, 3.63) is 34.4 Å². The zero-order valence-corrected chi connectivity index (χ0v) is 11.7. The van der Waals surface area contributed by atoms with Gasteiger partial charge in [0.15, 0.2) is 4.90 Å². The molecule has 20 heavy (non-hydrogen) atoms. The summed E-state index contributed by atoms with van der Waals surface area (Å²) in [6.45, 7) is 0. The van der Waals surface area contributed by atoms with Crippen molar-refractivity contribution in [2.75, 3.05) is 0 Å². The summed E-state index contributed by atoms with van der Waals surface area (Å²) in [4.78, 5) is 9.91. The fraction of sp³-hybridized carbons (Fsp3) is 0.500. The molecule has 110 valence electrons. The van der Waals surface area contributed by atoms with Crippen molar-refractivity contribution in [1.29, 1.82) is 0 Å². The van der Waals surface area contributed by atoms with E-state index >= 15 is 0 Å². The summed E-state index contributed by atoms with van der Waals surface area (Å²) >= 11 is 0. The molecular formula is C12H17N3O4S. The van der Waals surface area contributed by atoms with E-state index in [-0.39, 0.29) is 17.0 Å². The van der Waals surface area contributed by atoms with Crippen LogP contribution < -0.4 is 10.5 Å². The van der Waals surface area contributed by atoms with Crippen LogP contribution in [0.2, 0.25) is 0 Å². The zero-order chi connectivity index (χ0) is 14.8. The molecule has 3 N–H and O–H groups in total. The van der Waals surface area contributed by atoms with Crippen molar-refractivity contribution in [3.8, 4) is 0 Å². The number of nitrogens with two attached hydrogens (primary N) is 1. The third-order valence-electron chi connectivity index (χ3n) is 3.39. The minimum atomic E-state index is -3.91. The third kappa shape index (κ3) is 3.33. The van der Waals surface area contributed by atoms with E-state index in [0.717, 1.165) is 12.8 Å². The van der Waals surface area contributed by atoms with Gasteiger partial charge in [-0.15, -0.1) is 0 Å². The van der Waals surface area contributed by atoms with Crippen LogP contribution in [-0.4, -0.2) is 25.4 Å². The molecular weight excluding hydrogens is 282 g/mol. The number of sulfonamides is 1. The molecule has 0 aromatic heterocycles. The molecule has 2 atom stereocenters. The zero-order valence-electron chi connectivity index (χ0n) is 10.9. The van der Waals surface area contributed by atoms with Gasteiger partial charge in [-0.3, -0.25) is 10.1 Å². The number of hydrogen-bond donors (Lipinski definition) is 2. The van der Waals surface area contributed by atoms with E-state index in [1.807, 2.05) is 0 Å². The largest absolute Gasteiger partial charge is 0.328 e. The van der Waals surface area contributed by atoms with E-state index < -0.39 is 20.6 Å². The summed E-state index contributed by atoms with van der Waals surface area (Å²) in [5.74, 6) is 0. The number of nitro benzene ring substituents is 1. The molecule has 1 aromatic carbocycles. The number of nitrogens with one attached hydrogen (secondary N) is 1. The molecule has 7 nitrogen and oxygen atoms in total. The molecule has 0 saturated heterocycles. The van der Waals surface area contributed by atoms with Crippen LogP contribution in [-0.2, 0) is 10.0 Å². The van der Waals surface area contributed by atoms with Crippen molar-refractivity contribution in [2.24, 2.45) is 5.73 Å². The second-order valence-electron chi connectivity index (χ2n) is 4.97. The highest BCUT2D eigenvalue weighted by molar-refractivity contribution is 7.89. The molecule has 2 unspecified atom stereocenters. The van der Waals surface area contributed by atoms with Gasteiger partial charge in [0, 0.05) is 18.2 Å². The lowest BCUT2D eigenvalue weighted by molar-refractivity contribution is -0.387. The summed E-state index contributed by atoms with van der Waals surface area (Å²) in [6, 6.07) is 5.04. The number of benzene rings is 1. The van der Waals surface area contributed by atoms with Crippen LogP contribution in [0.3, 0.4) is 0 Å². The van der Waals surface area contributed by atoms with Gasteiger partial charge >= 0.3 is 0 Å². The lowest BCUT2D eigenvalue weighted by Gasteiger charge is -2.27. The number of hydrogen-bond acceptors (Lipinski definition) is 5. The van der Waals surface area contributed by atoms with Crippen molar-refractivity contribution in [2.45, 2.75) is 42.7 Å². The molecule has 2 rings (SSSR count). The lowest BCUT2D eigenvalue weighted by Crippen LogP contribution is -2.42. The maximum atomic E-state index is 12.3. The molecule has 0 radical (unpaired) electrons. The van der Waals surface area contributed by atoms with E-state index in [9.17, 15) is 18.5 Å². The Labute approximate surface area is 117 Å². The van der Waals surface area contributed by atoms with Gasteiger partial charge in [-0.05, 0) is 25.3 Å². The molecule has 0 heterocycles. The van der Waals surface area contributed by atoms with Gasteiger partial charge in [-0.2, -0.15) is 0 Å². The first-order valence-corrected chi connectivity index (χ1v) is 7.90. The van der Waals surface area contributed by atoms with Gasteiger partial charge in [0.2, 0.25) is 10.0 Å². The van der Waals surface area contributed by atoms with Crippen LogP contribution in [0.25, 0.3) is 0 Å². The van der Waals surface area contributed by atoms with E-state index in [1.54, 1.807) is 0 Å². The summed E-state index contributed by atoms with van der Waals surface area (Å²) in [6.07, 6.45) is 2.99. The normalized spacial score (nSPS) is 23.4. The van der Waals surface area contributed by atoms with Gasteiger partial charge in [0.25, 0.3) is 5.69 Å². The topological polar surface area (TPSA) is 115 Å². The lowest BCUT2D eigenvalue weighted by atomic mass is 9.92. The first kappa shape index (κ1) is 14.9. The van der Waals surface area contributed by atoms with Crippen LogP contribution in [0.4, 0.5) is 5.69 Å². The molecule has 1 aliphatic carbocycles. The predicted molar refractivity (Wildman–Crippen MR) is 73.6 cm³/mol. The average Bonchev–Trinajstić information content (AvgIpc) is 2.38. The Kier molecular flexibility index (Phi) is 4.36. The minimum Gasteiger partial charge on any atom is -0.328 e. The highest BCUT2D eigenvalue weighted by Gasteiger charge is 2.29. The first-order chi connectivity index (χ1) is 9.40. The minimum absolute atomic E-state index is 0.0257. The monoisotopic (exact) mass is 299 g/mol. The molecule has 0 aliphatic heterocycles. The van der Waals surface area contributed by atoms with Gasteiger partial charge in [0.1, 0.15) is 0 Å². The van der Waals surface area contributed by atoms with E-state index in [2.05, 4.69) is 4.72 Å². The van der Waals surface area contributed by atoms with Crippen molar-refractivity contribution in [1.82, 2.24) is 4.72 Å². The Hall–Kier alpha value is -1.51. The van der Waals surface area contributed by atoms with Crippen LogP contribution in [0.5, 0.6) is 0 Å². The third-order valence-corrected chi connectivity index (χ3v) is 4.96. The van der Waals surface area contributed by atoms with E-state index in [4.69, 9.17) is 5.73 Å². The Morgan fingerprint density at radius 2 is 2.00 bits per heavy atom. The Bertz CT molecular complexity index is 602. The molecule has 0 bridgehead atoms. The maximum Gasteiger partial charge on any atom is 0.289 e. The Morgan fingerprint density at radius 3 is 2.65 bits per heavy atom. The number of para-hydroxylation sites is 1. The predicted octanol–water partition coefficient (Wildman–Crippen LogP) is 1.14. The molecule has 1 aliphatic rings. The summed E-state index contributed by atoms with van der Waals surface area (Å²) in [5, 5.41) is 10.9. The maximum absolute atomic E-state index is 12.3. The quantitative estimate of drug-likeness (QED) is 0.639. The average molecular weight is 299 g/mol. The van der Waals surface area contributed by atoms with Crippen LogP contribution in [0, 0.1) is 10.1 Å². The standard InChI is InChI=1S/C12H17N3O4S/c13-9-4-3-5-10(8-9)14-20(18,19)12-7-2-1-6-11(12)15(16)17/h1-2,6-7,9-10,14H,3-5,8,13H2. The fourth-order valence-electron chi connectivity index (χ4n) is 2.45. The molecule has 1 aromatic rings. The smallest absolute Gasteiger partial charge is 0.289 e. The summed E-state index contributed by atoms with van der Waals surface area (Å²) in [7, 11) is -3.91. The molecule has 0 amide bonds. The number of nitro groups is 1. The van der Waals surface area contributed by atoms with Gasteiger partial charge in [-0.1, -0.05) is 18.6 Å². The van der Waals surface area contributed by atoms with Gasteiger partial charge in [-0.25, -0.2) is 13.1 Å². The number of rotatable bonds is 4. The fourth-order valence-corrected chi connectivity index (χ4v) is 3.91. The van der Waals surface area contributed by atoms with Gasteiger partial charge in [0.05, 0.1) is 4.92 Å². The molecule has 8 heteroatoms. The van der Waals surface area contributed by atoms with Gasteiger partial charge < -0.3 is 5.73 Å². The summed E-state index contributed by atoms with van der Waals surface area (Å²) in [5.41, 5.74) is 5.40. The van der Waals surface area contributed by atoms with Crippen molar-refractivity contribution >= 4 is 15.7 Å². The SMILES string of the molecule is NC1CCCC(NS(=O)(=O)c2ccccc2[N+](=O)[O-])C1. The van der Waals surface area contributed by atoms with Crippen molar-refractivity contribution in [3.63, 3.8) is 0 Å². The Morgan fingerprint density at radius 1 is 1.30 bits per heavy atom. The highest BCUT2D eigenvalue weighted by Crippen LogP contribution is 2.25. The first-order valence-electron chi connectivity index (χ1n) is 6.41. The molecule has 0 spiro atoms.